The Morgan fingerprint density at radius 1 is 0.925 bits per heavy atom. The first-order valence-corrected chi connectivity index (χ1v) is 22.3. The van der Waals surface area contributed by atoms with Crippen molar-refractivity contribution < 1.29 is 42.9 Å². The molecule has 4 N–H and O–H groups in total. The van der Waals surface area contributed by atoms with Crippen LogP contribution in [0.4, 0.5) is 15.8 Å². The SMILES string of the molecule is CCc1ccc2c(c1)c(=O)c(C(=O)Nc1ccc(Oc3ncnc4cc(OCCCCCCCC(O)Nc5cccc6c5C(=O)N(C5CCC(=O)NC5=O)C6=O)c(C)cc34)c(F)c1)c(C)n2C. The molecule has 0 bridgehead atoms. The zero-order valence-electron chi connectivity index (χ0n) is 37.5. The summed E-state index contributed by atoms with van der Waals surface area (Å²) in [6, 6.07) is 16.8. The Hall–Kier alpha value is -7.53. The molecular weight excluding hydrogens is 862 g/mol. The molecule has 67 heavy (non-hydrogen) atoms. The Morgan fingerprint density at radius 3 is 2.49 bits per heavy atom. The highest BCUT2D eigenvalue weighted by Crippen LogP contribution is 2.35. The molecule has 2 aliphatic rings. The first-order valence-electron chi connectivity index (χ1n) is 22.3. The van der Waals surface area contributed by atoms with E-state index in [1.165, 1.54) is 24.5 Å². The average molecular weight is 912 g/mol. The fourth-order valence-corrected chi connectivity index (χ4v) is 8.60. The molecular formula is C50H50FN7O9. The minimum atomic E-state index is -1.08. The number of carbonyl (C=O) groups is 5. The van der Waals surface area contributed by atoms with Crippen LogP contribution in [0.5, 0.6) is 17.4 Å². The summed E-state index contributed by atoms with van der Waals surface area (Å²) in [5.41, 5.74) is 3.76. The number of nitrogens with one attached hydrogen (secondary N) is 3. The maximum absolute atomic E-state index is 15.5. The molecule has 5 amide bonds. The predicted molar refractivity (Wildman–Crippen MR) is 248 cm³/mol. The minimum absolute atomic E-state index is 0.0198. The molecule has 2 aliphatic heterocycles. The number of piperidine rings is 1. The number of nitrogens with zero attached hydrogens (tertiary/aromatic N) is 4. The van der Waals surface area contributed by atoms with Crippen molar-refractivity contribution in [3.05, 3.63) is 123 Å². The van der Waals surface area contributed by atoms with Crippen molar-refractivity contribution in [2.45, 2.75) is 90.8 Å². The number of benzene rings is 4. The van der Waals surface area contributed by atoms with Gasteiger partial charge in [-0.15, -0.1) is 0 Å². The monoisotopic (exact) mass is 911 g/mol. The zero-order chi connectivity index (χ0) is 47.5. The van der Waals surface area contributed by atoms with Crippen LogP contribution >= 0.6 is 0 Å². The first kappa shape index (κ1) is 46.0. The number of rotatable bonds is 17. The van der Waals surface area contributed by atoms with Crippen LogP contribution in [0.15, 0.2) is 77.9 Å². The lowest BCUT2D eigenvalue weighted by Gasteiger charge is -2.27. The fraction of sp³-hybridized carbons (Fsp3) is 0.320. The molecule has 0 radical (unpaired) electrons. The lowest BCUT2D eigenvalue weighted by molar-refractivity contribution is -0.136. The van der Waals surface area contributed by atoms with E-state index in [0.717, 1.165) is 54.2 Å². The molecule has 0 aliphatic carbocycles. The quantitative estimate of drug-likeness (QED) is 0.0401. The third kappa shape index (κ3) is 9.45. The summed E-state index contributed by atoms with van der Waals surface area (Å²) in [7, 11) is 1.79. The van der Waals surface area contributed by atoms with Crippen LogP contribution < -0.4 is 30.9 Å². The van der Waals surface area contributed by atoms with Crippen molar-refractivity contribution in [3.8, 4) is 17.4 Å². The Balaban J connectivity index is 0.801. The van der Waals surface area contributed by atoms with E-state index in [-0.39, 0.29) is 46.8 Å². The van der Waals surface area contributed by atoms with E-state index in [4.69, 9.17) is 9.47 Å². The largest absolute Gasteiger partial charge is 0.493 e. The molecule has 0 saturated carbocycles. The number of aryl methyl sites for hydroxylation is 3. The molecule has 8 rings (SSSR count). The van der Waals surface area contributed by atoms with E-state index in [1.54, 1.807) is 42.8 Å². The number of pyridine rings is 1. The molecule has 2 atom stereocenters. The summed E-state index contributed by atoms with van der Waals surface area (Å²) in [5, 5.41) is 19.6. The smallest absolute Gasteiger partial charge is 0.264 e. The Labute approximate surface area is 384 Å². The number of ether oxygens (including phenoxy) is 2. The Morgan fingerprint density at radius 2 is 1.72 bits per heavy atom. The highest BCUT2D eigenvalue weighted by Gasteiger charge is 2.45. The van der Waals surface area contributed by atoms with Crippen LogP contribution in [-0.4, -0.2) is 73.0 Å². The van der Waals surface area contributed by atoms with E-state index >= 15 is 4.39 Å². The normalized spacial score (nSPS) is 15.2. The second-order valence-electron chi connectivity index (χ2n) is 16.8. The highest BCUT2D eigenvalue weighted by atomic mass is 19.1. The van der Waals surface area contributed by atoms with E-state index in [0.29, 0.717) is 58.4 Å². The number of anilines is 2. The van der Waals surface area contributed by atoms with Crippen molar-refractivity contribution in [2.24, 2.45) is 7.05 Å². The Kier molecular flexibility index (Phi) is 13.4. The molecule has 17 heteroatoms. The number of hydrogen-bond acceptors (Lipinski definition) is 12. The maximum Gasteiger partial charge on any atom is 0.264 e. The number of halogens is 1. The van der Waals surface area contributed by atoms with Crippen LogP contribution in [0.25, 0.3) is 21.8 Å². The molecule has 16 nitrogen and oxygen atoms in total. The van der Waals surface area contributed by atoms with Crippen molar-refractivity contribution in [1.29, 1.82) is 0 Å². The van der Waals surface area contributed by atoms with E-state index in [2.05, 4.69) is 25.9 Å². The number of amides is 5. The summed E-state index contributed by atoms with van der Waals surface area (Å²) in [6.45, 7) is 6.02. The van der Waals surface area contributed by atoms with Crippen molar-refractivity contribution >= 4 is 62.7 Å². The molecule has 2 unspecified atom stereocenters. The molecule has 0 spiro atoms. The summed E-state index contributed by atoms with van der Waals surface area (Å²) in [6.07, 6.45) is 5.64. The standard InChI is InChI=1S/C50H50FN7O9/c1-5-29-15-17-37-33(23-29)45(61)43(28(3)57(37)4)47(63)54-30-16-19-39(34(51)24-30)67-48-32-22-27(2)40(25-36(32)52-26-53-48)66-21-10-8-6-7-9-14-41(59)55-35-13-11-12-31-44(35)50(65)58(49(31)64)38-18-20-42(60)56-46(38)62/h11-13,15-17,19,22-26,38,41,55,59H,5-10,14,18,20-21H2,1-4H3,(H,54,63)(H,56,60,62). The van der Waals surface area contributed by atoms with Gasteiger partial charge in [-0.1, -0.05) is 38.3 Å². The molecule has 6 aromatic rings. The van der Waals surface area contributed by atoms with Gasteiger partial charge < -0.3 is 29.8 Å². The van der Waals surface area contributed by atoms with Gasteiger partial charge in [-0.2, -0.15) is 0 Å². The second kappa shape index (κ2) is 19.5. The van der Waals surface area contributed by atoms with Gasteiger partial charge in [-0.05, 0) is 99.5 Å². The molecule has 2 aromatic heterocycles. The predicted octanol–water partition coefficient (Wildman–Crippen LogP) is 7.40. The molecule has 1 saturated heterocycles. The number of hydrogen-bond donors (Lipinski definition) is 4. The van der Waals surface area contributed by atoms with Crippen molar-refractivity contribution in [1.82, 2.24) is 24.8 Å². The average Bonchev–Trinajstić information content (AvgIpc) is 3.56. The summed E-state index contributed by atoms with van der Waals surface area (Å²) < 4.78 is 29.4. The van der Waals surface area contributed by atoms with Gasteiger partial charge in [0.1, 0.15) is 29.9 Å². The van der Waals surface area contributed by atoms with Gasteiger partial charge in [-0.3, -0.25) is 39.0 Å². The number of imide groups is 2. The van der Waals surface area contributed by atoms with Gasteiger partial charge in [-0.25, -0.2) is 14.4 Å². The fourth-order valence-electron chi connectivity index (χ4n) is 8.60. The summed E-state index contributed by atoms with van der Waals surface area (Å²) in [5.74, 6) is -3.16. The van der Waals surface area contributed by atoms with Crippen LogP contribution in [-0.2, 0) is 23.1 Å². The van der Waals surface area contributed by atoms with E-state index < -0.39 is 53.1 Å². The number of aliphatic hydroxyl groups is 1. The topological polar surface area (TPSA) is 211 Å². The highest BCUT2D eigenvalue weighted by molar-refractivity contribution is 6.25. The maximum atomic E-state index is 15.5. The second-order valence-corrected chi connectivity index (χ2v) is 16.8. The lowest BCUT2D eigenvalue weighted by Crippen LogP contribution is -2.54. The van der Waals surface area contributed by atoms with Gasteiger partial charge in [0.05, 0.1) is 34.2 Å². The van der Waals surface area contributed by atoms with Crippen LogP contribution in [0.3, 0.4) is 0 Å². The van der Waals surface area contributed by atoms with Crippen LogP contribution in [0.1, 0.15) is 106 Å². The first-order chi connectivity index (χ1) is 32.2. The summed E-state index contributed by atoms with van der Waals surface area (Å²) in [4.78, 5) is 87.0. The zero-order valence-corrected chi connectivity index (χ0v) is 37.5. The number of fused-ring (bicyclic) bond motifs is 3. The van der Waals surface area contributed by atoms with Crippen LogP contribution in [0, 0.1) is 19.7 Å². The van der Waals surface area contributed by atoms with Crippen molar-refractivity contribution in [3.63, 3.8) is 0 Å². The summed E-state index contributed by atoms with van der Waals surface area (Å²) >= 11 is 0. The number of aromatic nitrogens is 3. The molecule has 4 aromatic carbocycles. The number of unbranched alkanes of at least 4 members (excludes halogenated alkanes) is 4. The minimum Gasteiger partial charge on any atom is -0.493 e. The number of aliphatic hydroxyl groups excluding tert-OH is 1. The Bertz CT molecular complexity index is 3040. The molecule has 346 valence electrons. The number of carbonyl (C=O) groups excluding carboxylic acids is 5. The third-order valence-corrected chi connectivity index (χ3v) is 12.4. The van der Waals surface area contributed by atoms with Gasteiger partial charge in [0, 0.05) is 48.1 Å². The lowest BCUT2D eigenvalue weighted by atomic mass is 10.0. The van der Waals surface area contributed by atoms with E-state index in [9.17, 15) is 33.9 Å². The van der Waals surface area contributed by atoms with Gasteiger partial charge >= 0.3 is 0 Å². The molecule has 1 fully saturated rings. The van der Waals surface area contributed by atoms with Gasteiger partial charge in [0.2, 0.25) is 23.1 Å². The third-order valence-electron chi connectivity index (χ3n) is 12.4. The van der Waals surface area contributed by atoms with Crippen LogP contribution in [0.2, 0.25) is 0 Å². The van der Waals surface area contributed by atoms with Gasteiger partial charge in [0.25, 0.3) is 17.7 Å². The van der Waals surface area contributed by atoms with Gasteiger partial charge in [0.15, 0.2) is 11.6 Å². The van der Waals surface area contributed by atoms with E-state index in [1.807, 2.05) is 32.0 Å². The molecule has 4 heterocycles. The van der Waals surface area contributed by atoms with Crippen molar-refractivity contribution in [2.75, 3.05) is 17.2 Å².